The molecule has 2 amide bonds. The topological polar surface area (TPSA) is 49.9 Å². The minimum atomic E-state index is 0.112. The Labute approximate surface area is 143 Å². The van der Waals surface area contributed by atoms with Crippen LogP contribution >= 0.6 is 0 Å². The Hall–Kier alpha value is -1.88. The van der Waals surface area contributed by atoms with Crippen LogP contribution in [0.5, 0.6) is 0 Å². The van der Waals surface area contributed by atoms with Crippen molar-refractivity contribution in [2.24, 2.45) is 11.8 Å². The third kappa shape index (κ3) is 3.78. The molecule has 2 fully saturated rings. The average Bonchev–Trinajstić information content (AvgIpc) is 2.78. The van der Waals surface area contributed by atoms with Gasteiger partial charge < -0.3 is 14.5 Å². The van der Waals surface area contributed by atoms with Crippen LogP contribution in [0.1, 0.15) is 29.6 Å². The van der Waals surface area contributed by atoms with Crippen LogP contribution in [0.15, 0.2) is 30.3 Å². The van der Waals surface area contributed by atoms with E-state index in [2.05, 4.69) is 0 Å². The zero-order chi connectivity index (χ0) is 16.9. The van der Waals surface area contributed by atoms with Crippen LogP contribution in [0.3, 0.4) is 0 Å². The predicted octanol–water partition coefficient (Wildman–Crippen LogP) is 2.03. The van der Waals surface area contributed by atoms with Gasteiger partial charge in [0.25, 0.3) is 5.91 Å². The standard InChI is InChI=1S/C19H26N2O3/c1-24-12-11-20-9-8-17-14-21(10-7-16(17)13-18(20)22)19(23)15-5-3-2-4-6-15/h2-6,16-17H,7-14H2,1H3/t16-,17+/m0/s1. The van der Waals surface area contributed by atoms with Crippen molar-refractivity contribution in [1.82, 2.24) is 9.80 Å². The number of rotatable bonds is 4. The van der Waals surface area contributed by atoms with Gasteiger partial charge in [-0.05, 0) is 36.8 Å². The molecular weight excluding hydrogens is 304 g/mol. The second-order valence-corrected chi connectivity index (χ2v) is 6.79. The van der Waals surface area contributed by atoms with E-state index in [1.807, 2.05) is 40.1 Å². The van der Waals surface area contributed by atoms with Crippen molar-refractivity contribution >= 4 is 11.8 Å². The largest absolute Gasteiger partial charge is 0.383 e. The summed E-state index contributed by atoms with van der Waals surface area (Å²) in [5, 5.41) is 0. The predicted molar refractivity (Wildman–Crippen MR) is 91.6 cm³/mol. The first-order chi connectivity index (χ1) is 11.7. The van der Waals surface area contributed by atoms with Gasteiger partial charge in [0.15, 0.2) is 0 Å². The van der Waals surface area contributed by atoms with Crippen LogP contribution in [0, 0.1) is 11.8 Å². The van der Waals surface area contributed by atoms with Crippen LogP contribution in [-0.2, 0) is 9.53 Å². The van der Waals surface area contributed by atoms with Gasteiger partial charge in [-0.2, -0.15) is 0 Å². The van der Waals surface area contributed by atoms with Gasteiger partial charge in [-0.15, -0.1) is 0 Å². The summed E-state index contributed by atoms with van der Waals surface area (Å²) in [5.74, 6) is 1.18. The molecular formula is C19H26N2O3. The van der Waals surface area contributed by atoms with Crippen LogP contribution in [0.2, 0.25) is 0 Å². The van der Waals surface area contributed by atoms with Crippen molar-refractivity contribution in [2.45, 2.75) is 19.3 Å². The molecule has 24 heavy (non-hydrogen) atoms. The summed E-state index contributed by atoms with van der Waals surface area (Å²) in [4.78, 5) is 28.9. The number of piperidine rings is 1. The van der Waals surface area contributed by atoms with Crippen molar-refractivity contribution in [2.75, 3.05) is 39.9 Å². The fourth-order valence-electron chi connectivity index (χ4n) is 3.86. The number of carbonyl (C=O) groups excluding carboxylic acids is 2. The Morgan fingerprint density at radius 2 is 1.92 bits per heavy atom. The molecule has 0 aliphatic carbocycles. The van der Waals surface area contributed by atoms with Gasteiger partial charge in [-0.1, -0.05) is 18.2 Å². The number of hydrogen-bond acceptors (Lipinski definition) is 3. The van der Waals surface area contributed by atoms with Gasteiger partial charge in [-0.25, -0.2) is 0 Å². The zero-order valence-corrected chi connectivity index (χ0v) is 14.3. The highest BCUT2D eigenvalue weighted by Crippen LogP contribution is 2.32. The molecule has 0 saturated carbocycles. The van der Waals surface area contributed by atoms with E-state index in [4.69, 9.17) is 4.74 Å². The van der Waals surface area contributed by atoms with Crippen molar-refractivity contribution < 1.29 is 14.3 Å². The lowest BCUT2D eigenvalue weighted by Gasteiger charge is -2.37. The monoisotopic (exact) mass is 330 g/mol. The number of benzene rings is 1. The molecule has 1 aromatic carbocycles. The number of hydrogen-bond donors (Lipinski definition) is 0. The molecule has 5 heteroatoms. The summed E-state index contributed by atoms with van der Waals surface area (Å²) in [6.45, 7) is 3.54. The number of carbonyl (C=O) groups is 2. The number of methoxy groups -OCH3 is 1. The number of likely N-dealkylation sites (tertiary alicyclic amines) is 2. The third-order valence-corrected chi connectivity index (χ3v) is 5.32. The minimum absolute atomic E-state index is 0.112. The molecule has 130 valence electrons. The smallest absolute Gasteiger partial charge is 0.253 e. The maximum absolute atomic E-state index is 12.7. The SMILES string of the molecule is COCCN1CC[C@@H]2CN(C(=O)c3ccccc3)CC[C@H]2CC1=O. The van der Waals surface area contributed by atoms with E-state index in [0.717, 1.165) is 38.0 Å². The Balaban J connectivity index is 1.63. The van der Waals surface area contributed by atoms with Crippen LogP contribution < -0.4 is 0 Å². The minimum Gasteiger partial charge on any atom is -0.383 e. The van der Waals surface area contributed by atoms with Crippen molar-refractivity contribution in [3.8, 4) is 0 Å². The second-order valence-electron chi connectivity index (χ2n) is 6.79. The molecule has 1 aromatic rings. The Morgan fingerprint density at radius 3 is 2.67 bits per heavy atom. The van der Waals surface area contributed by atoms with Crippen LogP contribution in [0.25, 0.3) is 0 Å². The van der Waals surface area contributed by atoms with Gasteiger partial charge >= 0.3 is 0 Å². The highest BCUT2D eigenvalue weighted by molar-refractivity contribution is 5.94. The fraction of sp³-hybridized carbons (Fsp3) is 0.579. The molecule has 5 nitrogen and oxygen atoms in total. The first-order valence-electron chi connectivity index (χ1n) is 8.80. The third-order valence-electron chi connectivity index (χ3n) is 5.32. The number of amides is 2. The highest BCUT2D eigenvalue weighted by atomic mass is 16.5. The summed E-state index contributed by atoms with van der Waals surface area (Å²) in [7, 11) is 1.66. The van der Waals surface area contributed by atoms with E-state index in [-0.39, 0.29) is 11.8 Å². The number of ether oxygens (including phenoxy) is 1. The van der Waals surface area contributed by atoms with E-state index >= 15 is 0 Å². The Morgan fingerprint density at radius 1 is 1.17 bits per heavy atom. The molecule has 3 rings (SSSR count). The van der Waals surface area contributed by atoms with E-state index in [9.17, 15) is 9.59 Å². The molecule has 0 bridgehead atoms. The molecule has 2 aliphatic heterocycles. The van der Waals surface area contributed by atoms with Crippen molar-refractivity contribution in [3.63, 3.8) is 0 Å². The molecule has 2 saturated heterocycles. The maximum Gasteiger partial charge on any atom is 0.253 e. The van der Waals surface area contributed by atoms with Crippen molar-refractivity contribution in [3.05, 3.63) is 35.9 Å². The molecule has 2 heterocycles. The Kier molecular flexibility index (Phi) is 5.51. The van der Waals surface area contributed by atoms with E-state index in [0.29, 0.717) is 31.4 Å². The summed E-state index contributed by atoms with van der Waals surface area (Å²) >= 11 is 0. The molecule has 0 spiro atoms. The molecule has 0 aromatic heterocycles. The van der Waals surface area contributed by atoms with Gasteiger partial charge in [-0.3, -0.25) is 9.59 Å². The molecule has 0 radical (unpaired) electrons. The average molecular weight is 330 g/mol. The lowest BCUT2D eigenvalue weighted by atomic mass is 9.82. The first-order valence-corrected chi connectivity index (χ1v) is 8.80. The highest BCUT2D eigenvalue weighted by Gasteiger charge is 2.36. The van der Waals surface area contributed by atoms with Gasteiger partial charge in [0.1, 0.15) is 0 Å². The molecule has 2 aliphatic rings. The molecule has 0 unspecified atom stereocenters. The molecule has 2 atom stereocenters. The van der Waals surface area contributed by atoms with Crippen LogP contribution in [-0.4, -0.2) is 61.5 Å². The van der Waals surface area contributed by atoms with Gasteiger partial charge in [0.05, 0.1) is 6.61 Å². The normalized spacial score (nSPS) is 24.5. The van der Waals surface area contributed by atoms with E-state index < -0.39 is 0 Å². The summed E-state index contributed by atoms with van der Waals surface area (Å²) < 4.78 is 5.10. The van der Waals surface area contributed by atoms with Crippen LogP contribution in [0.4, 0.5) is 0 Å². The maximum atomic E-state index is 12.7. The molecule has 0 N–H and O–H groups in total. The van der Waals surface area contributed by atoms with Gasteiger partial charge in [0.2, 0.25) is 5.91 Å². The zero-order valence-electron chi connectivity index (χ0n) is 14.3. The van der Waals surface area contributed by atoms with Gasteiger partial charge in [0, 0.05) is 45.3 Å². The Bertz CT molecular complexity index is 575. The summed E-state index contributed by atoms with van der Waals surface area (Å²) in [6.07, 6.45) is 2.51. The number of nitrogens with zero attached hydrogens (tertiary/aromatic N) is 2. The number of fused-ring (bicyclic) bond motifs is 1. The second kappa shape index (κ2) is 7.79. The summed E-state index contributed by atoms with van der Waals surface area (Å²) in [5.41, 5.74) is 0.752. The summed E-state index contributed by atoms with van der Waals surface area (Å²) in [6, 6.07) is 9.47. The van der Waals surface area contributed by atoms with Crippen molar-refractivity contribution in [1.29, 1.82) is 0 Å². The van der Waals surface area contributed by atoms with E-state index in [1.54, 1.807) is 7.11 Å². The fourth-order valence-corrected chi connectivity index (χ4v) is 3.86. The lowest BCUT2D eigenvalue weighted by molar-refractivity contribution is -0.132. The van der Waals surface area contributed by atoms with E-state index in [1.165, 1.54) is 0 Å². The lowest BCUT2D eigenvalue weighted by Crippen LogP contribution is -2.43. The quantitative estimate of drug-likeness (QED) is 0.849. The first kappa shape index (κ1) is 17.0.